The molecule has 2 nitrogen and oxygen atoms in total. The molecule has 0 rings (SSSR count). The van der Waals surface area contributed by atoms with E-state index in [1.807, 2.05) is 6.92 Å². The van der Waals surface area contributed by atoms with Gasteiger partial charge in [0.25, 0.3) is 0 Å². The quantitative estimate of drug-likeness (QED) is 0.591. The minimum absolute atomic E-state index is 0.0412. The number of Topliss-reactive ketones (excluding diaryl/α,β-unsaturated/α-hetero) is 2. The number of hydrogen-bond donors (Lipinski definition) is 0. The fourth-order valence-electron chi connectivity index (χ4n) is 1.03. The highest BCUT2D eigenvalue weighted by atomic mass is 16.1. The number of hydrogen-bond acceptors (Lipinski definition) is 2. The van der Waals surface area contributed by atoms with Gasteiger partial charge in [-0.2, -0.15) is 0 Å². The van der Waals surface area contributed by atoms with Gasteiger partial charge in [-0.15, -0.1) is 0 Å². The maximum absolute atomic E-state index is 10.9. The Labute approximate surface area is 80.0 Å². The molecule has 0 aliphatic heterocycles. The van der Waals surface area contributed by atoms with Crippen LogP contribution in [0.3, 0.4) is 0 Å². The first kappa shape index (κ1) is 12.1. The Bertz CT molecular complexity index is 216. The first-order chi connectivity index (χ1) is 5.93. The van der Waals surface area contributed by atoms with Crippen LogP contribution in [-0.2, 0) is 9.59 Å². The molecule has 1 unspecified atom stereocenters. The van der Waals surface area contributed by atoms with Gasteiger partial charge in [-0.05, 0) is 26.7 Å². The van der Waals surface area contributed by atoms with Gasteiger partial charge < -0.3 is 4.79 Å². The summed E-state index contributed by atoms with van der Waals surface area (Å²) in [5, 5.41) is 0. The van der Waals surface area contributed by atoms with E-state index in [2.05, 4.69) is 6.58 Å². The first-order valence-corrected chi connectivity index (χ1v) is 4.60. The van der Waals surface area contributed by atoms with Crippen molar-refractivity contribution in [2.45, 2.75) is 40.0 Å². The molecule has 0 N–H and O–H groups in total. The predicted octanol–water partition coefficient (Wildman–Crippen LogP) is 2.53. The predicted molar refractivity (Wildman–Crippen MR) is 53.5 cm³/mol. The number of carbonyl (C=O) groups is 2. The van der Waals surface area contributed by atoms with Crippen LogP contribution in [0, 0.1) is 5.92 Å². The second kappa shape index (κ2) is 5.68. The van der Waals surface area contributed by atoms with Gasteiger partial charge in [0.1, 0.15) is 11.6 Å². The minimum Gasteiger partial charge on any atom is -0.300 e. The number of allylic oxidation sites excluding steroid dienone is 1. The highest BCUT2D eigenvalue weighted by molar-refractivity contribution is 5.78. The molecule has 0 radical (unpaired) electrons. The molecule has 0 aromatic carbocycles. The second-order valence-electron chi connectivity index (χ2n) is 3.67. The van der Waals surface area contributed by atoms with Gasteiger partial charge in [-0.3, -0.25) is 4.79 Å². The van der Waals surface area contributed by atoms with Gasteiger partial charge in [0.05, 0.1) is 0 Å². The summed E-state index contributed by atoms with van der Waals surface area (Å²) in [7, 11) is 0. The average molecular weight is 182 g/mol. The van der Waals surface area contributed by atoms with Gasteiger partial charge >= 0.3 is 0 Å². The SMILES string of the molecule is C=C(CCC(C)=O)CC(C)C(C)=O. The van der Waals surface area contributed by atoms with Crippen LogP contribution in [0.1, 0.15) is 40.0 Å². The Kier molecular flexibility index (Phi) is 5.28. The van der Waals surface area contributed by atoms with Crippen LogP contribution in [0.2, 0.25) is 0 Å². The summed E-state index contributed by atoms with van der Waals surface area (Å²) in [4.78, 5) is 21.6. The average Bonchev–Trinajstić information content (AvgIpc) is 2.00. The molecule has 0 fully saturated rings. The molecule has 13 heavy (non-hydrogen) atoms. The van der Waals surface area contributed by atoms with Gasteiger partial charge in [0.15, 0.2) is 0 Å². The molecular formula is C11H18O2. The maximum Gasteiger partial charge on any atom is 0.132 e. The van der Waals surface area contributed by atoms with Crippen LogP contribution in [0.25, 0.3) is 0 Å². The lowest BCUT2D eigenvalue weighted by Gasteiger charge is -2.08. The summed E-state index contributed by atoms with van der Waals surface area (Å²) < 4.78 is 0. The minimum atomic E-state index is 0.0412. The molecule has 0 spiro atoms. The zero-order valence-corrected chi connectivity index (χ0v) is 8.72. The number of rotatable bonds is 6. The molecule has 1 atom stereocenters. The zero-order valence-electron chi connectivity index (χ0n) is 8.72. The molecule has 0 aromatic rings. The second-order valence-corrected chi connectivity index (χ2v) is 3.67. The summed E-state index contributed by atoms with van der Waals surface area (Å²) in [6.07, 6.45) is 1.97. The van der Waals surface area contributed by atoms with E-state index >= 15 is 0 Å². The van der Waals surface area contributed by atoms with Gasteiger partial charge in [0.2, 0.25) is 0 Å². The van der Waals surface area contributed by atoms with Crippen molar-refractivity contribution in [1.82, 2.24) is 0 Å². The summed E-state index contributed by atoms with van der Waals surface area (Å²) in [6.45, 7) is 8.89. The van der Waals surface area contributed by atoms with Crippen LogP contribution in [0.15, 0.2) is 12.2 Å². The summed E-state index contributed by atoms with van der Waals surface area (Å²) in [5.41, 5.74) is 0.998. The van der Waals surface area contributed by atoms with Crippen molar-refractivity contribution in [1.29, 1.82) is 0 Å². The van der Waals surface area contributed by atoms with Crippen molar-refractivity contribution in [2.24, 2.45) is 5.92 Å². The number of ketones is 2. The van der Waals surface area contributed by atoms with Crippen molar-refractivity contribution in [3.63, 3.8) is 0 Å². The van der Waals surface area contributed by atoms with Crippen molar-refractivity contribution < 1.29 is 9.59 Å². The highest BCUT2D eigenvalue weighted by Gasteiger charge is 2.09. The van der Waals surface area contributed by atoms with Crippen molar-refractivity contribution in [3.8, 4) is 0 Å². The normalized spacial score (nSPS) is 12.2. The lowest BCUT2D eigenvalue weighted by molar-refractivity contribution is -0.120. The standard InChI is InChI=1S/C11H18O2/c1-8(5-6-10(3)12)7-9(2)11(4)13/h9H,1,5-7H2,2-4H3. The third-order valence-corrected chi connectivity index (χ3v) is 2.12. The van der Waals surface area contributed by atoms with E-state index < -0.39 is 0 Å². The van der Waals surface area contributed by atoms with E-state index in [4.69, 9.17) is 0 Å². The van der Waals surface area contributed by atoms with Crippen LogP contribution >= 0.6 is 0 Å². The Morgan fingerprint density at radius 2 is 1.77 bits per heavy atom. The van der Waals surface area contributed by atoms with Crippen LogP contribution < -0.4 is 0 Å². The van der Waals surface area contributed by atoms with Gasteiger partial charge in [0, 0.05) is 12.3 Å². The van der Waals surface area contributed by atoms with Crippen LogP contribution in [0.4, 0.5) is 0 Å². The third-order valence-electron chi connectivity index (χ3n) is 2.12. The Morgan fingerprint density at radius 3 is 2.15 bits per heavy atom. The molecule has 0 heterocycles. The zero-order chi connectivity index (χ0) is 10.4. The molecule has 2 heteroatoms. The first-order valence-electron chi connectivity index (χ1n) is 4.60. The van der Waals surface area contributed by atoms with E-state index in [1.54, 1.807) is 13.8 Å². The molecule has 0 amide bonds. The maximum atomic E-state index is 10.9. The molecule has 0 bridgehead atoms. The van der Waals surface area contributed by atoms with Crippen LogP contribution in [0.5, 0.6) is 0 Å². The van der Waals surface area contributed by atoms with Crippen LogP contribution in [-0.4, -0.2) is 11.6 Å². The molecule has 74 valence electrons. The summed E-state index contributed by atoms with van der Waals surface area (Å²) >= 11 is 0. The fourth-order valence-corrected chi connectivity index (χ4v) is 1.03. The lowest BCUT2D eigenvalue weighted by atomic mass is 9.96. The Hall–Kier alpha value is -0.920. The monoisotopic (exact) mass is 182 g/mol. The molecular weight excluding hydrogens is 164 g/mol. The van der Waals surface area contributed by atoms with E-state index in [0.29, 0.717) is 19.3 Å². The highest BCUT2D eigenvalue weighted by Crippen LogP contribution is 2.15. The largest absolute Gasteiger partial charge is 0.300 e. The van der Waals surface area contributed by atoms with Crippen molar-refractivity contribution in [3.05, 3.63) is 12.2 Å². The molecule has 0 aliphatic rings. The van der Waals surface area contributed by atoms with Gasteiger partial charge in [-0.25, -0.2) is 0 Å². The molecule has 0 saturated heterocycles. The van der Waals surface area contributed by atoms with Crippen molar-refractivity contribution >= 4 is 11.6 Å². The smallest absolute Gasteiger partial charge is 0.132 e. The summed E-state index contributed by atoms with van der Waals surface area (Å²) in [5.74, 6) is 0.403. The Balaban J connectivity index is 3.74. The van der Waals surface area contributed by atoms with E-state index in [1.165, 1.54) is 0 Å². The molecule has 0 aromatic heterocycles. The van der Waals surface area contributed by atoms with Crippen molar-refractivity contribution in [2.75, 3.05) is 0 Å². The third kappa shape index (κ3) is 6.26. The van der Waals surface area contributed by atoms with E-state index in [-0.39, 0.29) is 17.5 Å². The Morgan fingerprint density at radius 1 is 1.23 bits per heavy atom. The van der Waals surface area contributed by atoms with E-state index in [0.717, 1.165) is 5.57 Å². The molecule has 0 aliphatic carbocycles. The number of carbonyl (C=O) groups excluding carboxylic acids is 2. The molecule has 0 saturated carbocycles. The van der Waals surface area contributed by atoms with E-state index in [9.17, 15) is 9.59 Å². The van der Waals surface area contributed by atoms with Gasteiger partial charge in [-0.1, -0.05) is 19.1 Å². The summed E-state index contributed by atoms with van der Waals surface area (Å²) in [6, 6.07) is 0. The fraction of sp³-hybridized carbons (Fsp3) is 0.636. The topological polar surface area (TPSA) is 34.1 Å². The lowest BCUT2D eigenvalue weighted by Crippen LogP contribution is -2.07.